The Labute approximate surface area is 104 Å². The molecule has 2 rings (SSSR count). The Morgan fingerprint density at radius 1 is 1.53 bits per heavy atom. The van der Waals surface area contributed by atoms with Crippen LogP contribution < -0.4 is 11.1 Å². The van der Waals surface area contributed by atoms with Gasteiger partial charge in [-0.1, -0.05) is 36.8 Å². The number of fused-ring (bicyclic) bond motifs is 1. The van der Waals surface area contributed by atoms with Crippen LogP contribution in [0.5, 0.6) is 0 Å². The number of aromatic nitrogens is 1. The number of nitrogens with two attached hydrogens (primary N) is 1. The van der Waals surface area contributed by atoms with E-state index in [0.717, 1.165) is 16.6 Å². The fourth-order valence-corrected chi connectivity index (χ4v) is 2.43. The number of carbonyl (C=O) groups is 1. The summed E-state index contributed by atoms with van der Waals surface area (Å²) in [4.78, 5) is 16.0. The van der Waals surface area contributed by atoms with Gasteiger partial charge in [0.2, 0.25) is 5.91 Å². The third kappa shape index (κ3) is 2.81. The van der Waals surface area contributed by atoms with E-state index in [2.05, 4.69) is 10.3 Å². The molecule has 2 aromatic rings. The van der Waals surface area contributed by atoms with Crippen LogP contribution >= 0.6 is 11.3 Å². The maximum Gasteiger partial charge on any atom is 0.243 e. The van der Waals surface area contributed by atoms with Crippen LogP contribution in [0.15, 0.2) is 24.3 Å². The van der Waals surface area contributed by atoms with Crippen molar-refractivity contribution in [1.29, 1.82) is 0 Å². The first-order valence-corrected chi connectivity index (χ1v) is 6.44. The third-order valence-corrected chi connectivity index (χ3v) is 3.41. The van der Waals surface area contributed by atoms with Crippen molar-refractivity contribution in [1.82, 2.24) is 4.98 Å². The highest BCUT2D eigenvalue weighted by Gasteiger charge is 2.14. The largest absolute Gasteiger partial charge is 0.320 e. The minimum Gasteiger partial charge on any atom is -0.320 e. The maximum atomic E-state index is 11.7. The lowest BCUT2D eigenvalue weighted by Crippen LogP contribution is -2.35. The second-order valence-electron chi connectivity index (χ2n) is 3.87. The summed E-state index contributed by atoms with van der Waals surface area (Å²) in [6.45, 7) is 2.00. The molecule has 0 aliphatic heterocycles. The Hall–Kier alpha value is -1.46. The van der Waals surface area contributed by atoms with E-state index in [9.17, 15) is 4.79 Å². The summed E-state index contributed by atoms with van der Waals surface area (Å²) in [7, 11) is 0. The summed E-state index contributed by atoms with van der Waals surface area (Å²) in [5.41, 5.74) is 6.63. The molecule has 0 spiro atoms. The zero-order valence-corrected chi connectivity index (χ0v) is 10.5. The minimum absolute atomic E-state index is 0.161. The van der Waals surface area contributed by atoms with E-state index in [0.29, 0.717) is 11.6 Å². The van der Waals surface area contributed by atoms with Gasteiger partial charge in [0.1, 0.15) is 0 Å². The average Bonchev–Trinajstić information content (AvgIpc) is 2.71. The highest BCUT2D eigenvalue weighted by atomic mass is 32.1. The molecule has 5 heteroatoms. The van der Waals surface area contributed by atoms with Gasteiger partial charge in [-0.25, -0.2) is 4.98 Å². The highest BCUT2D eigenvalue weighted by Crippen LogP contribution is 2.25. The lowest BCUT2D eigenvalue weighted by Gasteiger charge is -2.08. The standard InChI is InChI=1S/C12H15N3OS/c1-2-5-8(13)11(16)15-12-14-9-6-3-4-7-10(9)17-12/h3-4,6-8H,2,5,13H2,1H3,(H,14,15,16)/t8-/m1/s1. The lowest BCUT2D eigenvalue weighted by atomic mass is 10.2. The monoisotopic (exact) mass is 249 g/mol. The number of amides is 1. The number of hydrogen-bond acceptors (Lipinski definition) is 4. The fourth-order valence-electron chi connectivity index (χ4n) is 1.57. The van der Waals surface area contributed by atoms with Crippen molar-refractivity contribution in [2.75, 3.05) is 5.32 Å². The topological polar surface area (TPSA) is 68.0 Å². The number of anilines is 1. The van der Waals surface area contributed by atoms with Crippen LogP contribution in [-0.4, -0.2) is 16.9 Å². The summed E-state index contributed by atoms with van der Waals surface area (Å²) >= 11 is 1.46. The SMILES string of the molecule is CCC[C@@H](N)C(=O)Nc1nc2ccccc2s1. The first-order valence-electron chi connectivity index (χ1n) is 5.62. The Balaban J connectivity index is 2.10. The number of benzene rings is 1. The van der Waals surface area contributed by atoms with Gasteiger partial charge in [-0.3, -0.25) is 4.79 Å². The molecule has 1 atom stereocenters. The van der Waals surface area contributed by atoms with E-state index in [1.165, 1.54) is 11.3 Å². The fraction of sp³-hybridized carbons (Fsp3) is 0.333. The summed E-state index contributed by atoms with van der Waals surface area (Å²) in [6.07, 6.45) is 1.59. The number of rotatable bonds is 4. The molecule has 1 aromatic heterocycles. The molecule has 0 aliphatic rings. The number of nitrogens with zero attached hydrogens (tertiary/aromatic N) is 1. The average molecular weight is 249 g/mol. The number of thiazole rings is 1. The summed E-state index contributed by atoms with van der Waals surface area (Å²) < 4.78 is 1.06. The van der Waals surface area contributed by atoms with Crippen molar-refractivity contribution >= 4 is 32.6 Å². The van der Waals surface area contributed by atoms with Crippen molar-refractivity contribution in [3.63, 3.8) is 0 Å². The van der Waals surface area contributed by atoms with Crippen LogP contribution in [0.2, 0.25) is 0 Å². The van der Waals surface area contributed by atoms with Gasteiger partial charge in [0.15, 0.2) is 5.13 Å². The van der Waals surface area contributed by atoms with Crippen molar-refractivity contribution in [2.24, 2.45) is 5.73 Å². The molecule has 0 saturated heterocycles. The normalized spacial score (nSPS) is 12.6. The molecule has 0 aliphatic carbocycles. The van der Waals surface area contributed by atoms with Crippen LogP contribution in [0, 0.1) is 0 Å². The molecule has 3 N–H and O–H groups in total. The van der Waals surface area contributed by atoms with Gasteiger partial charge in [-0.2, -0.15) is 0 Å². The van der Waals surface area contributed by atoms with Crippen molar-refractivity contribution in [3.05, 3.63) is 24.3 Å². The van der Waals surface area contributed by atoms with Crippen LogP contribution in [0.3, 0.4) is 0 Å². The Morgan fingerprint density at radius 2 is 2.29 bits per heavy atom. The number of nitrogens with one attached hydrogen (secondary N) is 1. The summed E-state index contributed by atoms with van der Waals surface area (Å²) in [5, 5.41) is 3.37. The zero-order chi connectivity index (χ0) is 12.3. The first kappa shape index (κ1) is 12.0. The molecule has 0 bridgehead atoms. The van der Waals surface area contributed by atoms with E-state index in [1.54, 1.807) is 0 Å². The molecule has 1 heterocycles. The van der Waals surface area contributed by atoms with Crippen LogP contribution in [0.1, 0.15) is 19.8 Å². The molecule has 17 heavy (non-hydrogen) atoms. The van der Waals surface area contributed by atoms with E-state index in [1.807, 2.05) is 31.2 Å². The Morgan fingerprint density at radius 3 is 3.00 bits per heavy atom. The van der Waals surface area contributed by atoms with Gasteiger partial charge in [0.25, 0.3) is 0 Å². The molecule has 0 saturated carbocycles. The van der Waals surface area contributed by atoms with Gasteiger partial charge < -0.3 is 11.1 Å². The van der Waals surface area contributed by atoms with E-state index in [4.69, 9.17) is 5.73 Å². The molecule has 1 amide bonds. The predicted octanol–water partition coefficient (Wildman–Crippen LogP) is 2.36. The second-order valence-corrected chi connectivity index (χ2v) is 4.90. The summed E-state index contributed by atoms with van der Waals surface area (Å²) in [5.74, 6) is -0.161. The highest BCUT2D eigenvalue weighted by molar-refractivity contribution is 7.22. The Bertz CT molecular complexity index is 490. The maximum absolute atomic E-state index is 11.7. The van der Waals surface area contributed by atoms with Crippen LogP contribution in [-0.2, 0) is 4.79 Å². The zero-order valence-electron chi connectivity index (χ0n) is 9.64. The number of para-hydroxylation sites is 1. The molecule has 0 unspecified atom stereocenters. The van der Waals surface area contributed by atoms with Gasteiger partial charge in [-0.05, 0) is 18.6 Å². The van der Waals surface area contributed by atoms with E-state index in [-0.39, 0.29) is 5.91 Å². The molecule has 4 nitrogen and oxygen atoms in total. The first-order chi connectivity index (χ1) is 8.20. The van der Waals surface area contributed by atoms with Gasteiger partial charge >= 0.3 is 0 Å². The van der Waals surface area contributed by atoms with E-state index < -0.39 is 6.04 Å². The van der Waals surface area contributed by atoms with E-state index >= 15 is 0 Å². The smallest absolute Gasteiger partial charge is 0.243 e. The van der Waals surface area contributed by atoms with Crippen LogP contribution in [0.4, 0.5) is 5.13 Å². The van der Waals surface area contributed by atoms with Gasteiger partial charge in [0.05, 0.1) is 16.3 Å². The molecule has 0 radical (unpaired) electrons. The quantitative estimate of drug-likeness (QED) is 0.874. The van der Waals surface area contributed by atoms with Crippen molar-refractivity contribution in [2.45, 2.75) is 25.8 Å². The molecule has 0 fully saturated rings. The van der Waals surface area contributed by atoms with Gasteiger partial charge in [-0.15, -0.1) is 0 Å². The predicted molar refractivity (Wildman–Crippen MR) is 71.1 cm³/mol. The van der Waals surface area contributed by atoms with Gasteiger partial charge in [0, 0.05) is 0 Å². The summed E-state index contributed by atoms with van der Waals surface area (Å²) in [6, 6.07) is 7.33. The van der Waals surface area contributed by atoms with Crippen molar-refractivity contribution < 1.29 is 4.79 Å². The second kappa shape index (κ2) is 5.25. The van der Waals surface area contributed by atoms with Crippen LogP contribution in [0.25, 0.3) is 10.2 Å². The lowest BCUT2D eigenvalue weighted by molar-refractivity contribution is -0.117. The number of carbonyl (C=O) groups excluding carboxylic acids is 1. The molecular weight excluding hydrogens is 234 g/mol. The Kier molecular flexibility index (Phi) is 3.71. The molecule has 90 valence electrons. The molecule has 1 aromatic carbocycles. The number of hydrogen-bond donors (Lipinski definition) is 2. The molecular formula is C12H15N3OS. The third-order valence-electron chi connectivity index (χ3n) is 2.46. The van der Waals surface area contributed by atoms with Crippen molar-refractivity contribution in [3.8, 4) is 0 Å². The minimum atomic E-state index is -0.452.